The summed E-state index contributed by atoms with van der Waals surface area (Å²) in [6.45, 7) is -1.06. The average molecular weight is 434 g/mol. The van der Waals surface area contributed by atoms with Gasteiger partial charge in [-0.2, -0.15) is 0 Å². The number of allylic oxidation sites excluding steroid dienone is 2. The number of ether oxygens (including phenoxy) is 2. The van der Waals surface area contributed by atoms with Crippen LogP contribution in [-0.2, 0) is 4.74 Å². The van der Waals surface area contributed by atoms with Crippen molar-refractivity contribution in [1.29, 1.82) is 0 Å². The van der Waals surface area contributed by atoms with Crippen molar-refractivity contribution < 1.29 is 49.7 Å². The zero-order valence-corrected chi connectivity index (χ0v) is 16.2. The monoisotopic (exact) mass is 434 g/mol. The van der Waals surface area contributed by atoms with Crippen LogP contribution in [0.25, 0.3) is 0 Å². The fourth-order valence-corrected chi connectivity index (χ4v) is 4.18. The molecule has 0 saturated carbocycles. The molecule has 7 unspecified atom stereocenters. The summed E-state index contributed by atoms with van der Waals surface area (Å²) in [6, 6.07) is 4.25. The third-order valence-electron chi connectivity index (χ3n) is 5.80. The minimum Gasteiger partial charge on any atom is -0.511 e. The molecule has 0 radical (unpaired) electrons. The molecule has 1 heterocycles. The molecule has 2 aliphatic carbocycles. The lowest BCUT2D eigenvalue weighted by atomic mass is 9.70. The van der Waals surface area contributed by atoms with Crippen molar-refractivity contribution in [3.8, 4) is 5.75 Å². The van der Waals surface area contributed by atoms with Gasteiger partial charge >= 0.3 is 0 Å². The molecule has 1 aromatic carbocycles. The minimum absolute atomic E-state index is 0.0385. The Bertz CT molecular complexity index is 965. The van der Waals surface area contributed by atoms with Gasteiger partial charge in [0.15, 0.2) is 11.6 Å². The highest BCUT2D eigenvalue weighted by Crippen LogP contribution is 2.41. The molecule has 1 aromatic rings. The standard InChI is InChI=1S/C21H22O10/c22-6-8-4-10-14(11(24)5-8)18(27)15-9(16(10)25)2-1-3-12(15)30-21-20(29)19(28)17(26)13(7-23)31-21/h1-5,10,13-14,17,19-24,26,28-29H,6-7H2. The summed E-state index contributed by atoms with van der Waals surface area (Å²) < 4.78 is 10.9. The van der Waals surface area contributed by atoms with E-state index in [2.05, 4.69) is 0 Å². The number of aliphatic hydroxyl groups is 6. The van der Waals surface area contributed by atoms with Gasteiger partial charge in [0.25, 0.3) is 0 Å². The van der Waals surface area contributed by atoms with Crippen LogP contribution < -0.4 is 4.74 Å². The van der Waals surface area contributed by atoms with Crippen LogP contribution >= 0.6 is 0 Å². The Hall–Kier alpha value is -2.60. The van der Waals surface area contributed by atoms with E-state index in [1.54, 1.807) is 0 Å². The number of carbonyl (C=O) groups excluding carboxylic acids is 2. The van der Waals surface area contributed by atoms with Crippen molar-refractivity contribution in [2.75, 3.05) is 13.2 Å². The van der Waals surface area contributed by atoms with Crippen molar-refractivity contribution in [3.05, 3.63) is 52.8 Å². The molecule has 4 rings (SSSR count). The average Bonchev–Trinajstić information content (AvgIpc) is 2.77. The fraction of sp³-hybridized carbons (Fsp3) is 0.429. The number of Topliss-reactive ketones (excluding diaryl/α,β-unsaturated/α-hetero) is 2. The molecule has 6 N–H and O–H groups in total. The van der Waals surface area contributed by atoms with Crippen LogP contribution in [0.1, 0.15) is 20.7 Å². The molecule has 0 bridgehead atoms. The Kier molecular flexibility index (Phi) is 5.69. The quantitative estimate of drug-likeness (QED) is 0.340. The first-order valence-electron chi connectivity index (χ1n) is 9.69. The van der Waals surface area contributed by atoms with E-state index in [-0.39, 0.29) is 22.6 Å². The van der Waals surface area contributed by atoms with Crippen LogP contribution in [0.5, 0.6) is 5.75 Å². The SMILES string of the molecule is O=C1c2cccc(OC3OC(CO)C(O)C(O)C3O)c2C(=O)C2C(O)=CC(CO)=CC12. The molecule has 10 nitrogen and oxygen atoms in total. The first kappa shape index (κ1) is 21.6. The van der Waals surface area contributed by atoms with Crippen molar-refractivity contribution in [3.63, 3.8) is 0 Å². The number of hydrogen-bond donors (Lipinski definition) is 6. The van der Waals surface area contributed by atoms with E-state index in [0.29, 0.717) is 5.57 Å². The van der Waals surface area contributed by atoms with Gasteiger partial charge in [-0.25, -0.2) is 0 Å². The number of carbonyl (C=O) groups is 2. The van der Waals surface area contributed by atoms with Gasteiger partial charge in [-0.05, 0) is 17.7 Å². The van der Waals surface area contributed by atoms with E-state index in [1.807, 2.05) is 0 Å². The van der Waals surface area contributed by atoms with Crippen LogP contribution in [0.3, 0.4) is 0 Å². The second kappa shape index (κ2) is 8.15. The van der Waals surface area contributed by atoms with Gasteiger partial charge in [-0.1, -0.05) is 18.2 Å². The van der Waals surface area contributed by atoms with Crippen molar-refractivity contribution in [2.45, 2.75) is 30.7 Å². The Morgan fingerprint density at radius 1 is 1.00 bits per heavy atom. The van der Waals surface area contributed by atoms with Crippen molar-refractivity contribution in [2.24, 2.45) is 11.8 Å². The second-order valence-electron chi connectivity index (χ2n) is 7.69. The number of hydrogen-bond acceptors (Lipinski definition) is 10. The summed E-state index contributed by atoms with van der Waals surface area (Å²) in [7, 11) is 0. The van der Waals surface area contributed by atoms with Crippen LogP contribution in [-0.4, -0.2) is 86.1 Å². The van der Waals surface area contributed by atoms with Gasteiger partial charge in [-0.3, -0.25) is 9.59 Å². The molecule has 1 saturated heterocycles. The van der Waals surface area contributed by atoms with Crippen LogP contribution in [0.2, 0.25) is 0 Å². The lowest BCUT2D eigenvalue weighted by molar-refractivity contribution is -0.277. The summed E-state index contributed by atoms with van der Waals surface area (Å²) in [4.78, 5) is 26.3. The maximum Gasteiger partial charge on any atom is 0.229 e. The second-order valence-corrected chi connectivity index (χ2v) is 7.69. The van der Waals surface area contributed by atoms with E-state index in [4.69, 9.17) is 9.47 Å². The van der Waals surface area contributed by atoms with Crippen molar-refractivity contribution in [1.82, 2.24) is 0 Å². The zero-order chi connectivity index (χ0) is 22.4. The predicted octanol–water partition coefficient (Wildman–Crippen LogP) is -1.15. The molecule has 3 aliphatic rings. The molecule has 0 aromatic heterocycles. The molecule has 1 aliphatic heterocycles. The topological polar surface area (TPSA) is 174 Å². The number of rotatable bonds is 4. The van der Waals surface area contributed by atoms with Gasteiger partial charge in [0.1, 0.15) is 35.9 Å². The molecule has 31 heavy (non-hydrogen) atoms. The summed E-state index contributed by atoms with van der Waals surface area (Å²) in [5.74, 6) is -3.69. The number of ketones is 2. The Morgan fingerprint density at radius 2 is 1.74 bits per heavy atom. The maximum atomic E-state index is 13.2. The highest BCUT2D eigenvalue weighted by Gasteiger charge is 2.48. The number of aliphatic hydroxyl groups excluding tert-OH is 6. The molecule has 10 heteroatoms. The number of fused-ring (bicyclic) bond motifs is 2. The Morgan fingerprint density at radius 3 is 2.42 bits per heavy atom. The molecular weight excluding hydrogens is 412 g/mol. The zero-order valence-electron chi connectivity index (χ0n) is 16.2. The number of benzene rings is 1. The highest BCUT2D eigenvalue weighted by molar-refractivity contribution is 6.19. The summed E-state index contributed by atoms with van der Waals surface area (Å²) in [5.41, 5.74) is 0.236. The van der Waals surface area contributed by atoms with Gasteiger partial charge < -0.3 is 40.1 Å². The van der Waals surface area contributed by atoms with Crippen molar-refractivity contribution >= 4 is 11.6 Å². The maximum absolute atomic E-state index is 13.2. The lowest BCUT2D eigenvalue weighted by Gasteiger charge is -2.40. The van der Waals surface area contributed by atoms with Gasteiger partial charge in [0, 0.05) is 5.56 Å². The van der Waals surface area contributed by atoms with Crippen LogP contribution in [0, 0.1) is 11.8 Å². The molecular formula is C21H22O10. The van der Waals surface area contributed by atoms with Gasteiger partial charge in [-0.15, -0.1) is 0 Å². The first-order chi connectivity index (χ1) is 14.8. The Labute approximate surface area is 176 Å². The molecule has 7 atom stereocenters. The highest BCUT2D eigenvalue weighted by atomic mass is 16.7. The van der Waals surface area contributed by atoms with E-state index in [1.165, 1.54) is 30.4 Å². The molecule has 0 spiro atoms. The van der Waals surface area contributed by atoms with Gasteiger partial charge in [0.2, 0.25) is 6.29 Å². The van der Waals surface area contributed by atoms with Crippen LogP contribution in [0.4, 0.5) is 0 Å². The molecule has 0 amide bonds. The van der Waals surface area contributed by atoms with Crippen LogP contribution in [0.15, 0.2) is 41.7 Å². The first-order valence-corrected chi connectivity index (χ1v) is 9.69. The minimum atomic E-state index is -1.70. The lowest BCUT2D eigenvalue weighted by Crippen LogP contribution is -2.60. The van der Waals surface area contributed by atoms with E-state index < -0.39 is 67.3 Å². The molecule has 166 valence electrons. The summed E-state index contributed by atoms with van der Waals surface area (Å²) >= 11 is 0. The largest absolute Gasteiger partial charge is 0.511 e. The predicted molar refractivity (Wildman–Crippen MR) is 102 cm³/mol. The molecule has 1 fully saturated rings. The fourth-order valence-electron chi connectivity index (χ4n) is 4.18. The summed E-state index contributed by atoms with van der Waals surface area (Å²) in [6.07, 6.45) is -5.03. The third-order valence-corrected chi connectivity index (χ3v) is 5.80. The smallest absolute Gasteiger partial charge is 0.229 e. The van der Waals surface area contributed by atoms with Gasteiger partial charge in [0.05, 0.1) is 30.6 Å². The van der Waals surface area contributed by atoms with E-state index in [9.17, 15) is 40.2 Å². The van der Waals surface area contributed by atoms with E-state index >= 15 is 0 Å². The summed E-state index contributed by atoms with van der Waals surface area (Å²) in [5, 5.41) is 59.1. The third kappa shape index (κ3) is 3.47. The Balaban J connectivity index is 1.71. The normalized spacial score (nSPS) is 35.1. The van der Waals surface area contributed by atoms with E-state index in [0.717, 1.165) is 0 Å².